The van der Waals surface area contributed by atoms with Gasteiger partial charge in [0.05, 0.1) is 16.8 Å². The van der Waals surface area contributed by atoms with E-state index in [0.717, 1.165) is 25.2 Å². The molecule has 0 aliphatic heterocycles. The Hall–Kier alpha value is -1.41. The molecule has 0 fully saturated rings. The summed E-state index contributed by atoms with van der Waals surface area (Å²) >= 11 is 6.72. The van der Waals surface area contributed by atoms with Crippen molar-refractivity contribution >= 4 is 55.2 Å². The molecule has 4 nitrogen and oxygen atoms in total. The third-order valence-corrected chi connectivity index (χ3v) is 6.40. The number of nitrogens with zero attached hydrogens (tertiary/aromatic N) is 2. The first kappa shape index (κ1) is 20.3. The zero-order valence-electron chi connectivity index (χ0n) is 15.1. The molecule has 7 heteroatoms. The molecule has 0 N–H and O–H groups in total. The molecule has 0 saturated heterocycles. The molecule has 0 saturated carbocycles. The molecule has 0 aliphatic carbocycles. The monoisotopic (exact) mass is 464 g/mol. The maximum absolute atomic E-state index is 12.4. The van der Waals surface area contributed by atoms with Crippen LogP contribution in [0.5, 0.6) is 0 Å². The predicted molar refractivity (Wildman–Crippen MR) is 116 cm³/mol. The molecule has 3 rings (SSSR count). The number of fused-ring (bicyclic) bond motifs is 1. The van der Waals surface area contributed by atoms with Gasteiger partial charge in [0.1, 0.15) is 0 Å². The highest BCUT2D eigenvalue weighted by atomic mass is 79.9. The standard InChI is InChI=1S/C20H21BrN2O2S2/c1-2-25-12-11-23-17-9-8-15(21)14-18(17)27-20(23)22-19(24)10-13-26-16-6-4-3-5-7-16/h3-9,14H,2,10-13H2,1H3. The number of hydrogen-bond donors (Lipinski definition) is 0. The van der Waals surface area contributed by atoms with Crippen LogP contribution in [0.1, 0.15) is 13.3 Å². The molecule has 0 bridgehead atoms. The molecule has 1 heterocycles. The highest BCUT2D eigenvalue weighted by molar-refractivity contribution is 9.10. The molecular formula is C20H21BrN2O2S2. The number of thiazole rings is 1. The van der Waals surface area contributed by atoms with Gasteiger partial charge in [-0.25, -0.2) is 0 Å². The second-order valence-corrected chi connectivity index (χ2v) is 8.86. The molecule has 142 valence electrons. The summed E-state index contributed by atoms with van der Waals surface area (Å²) in [4.78, 5) is 18.7. The number of ether oxygens (including phenoxy) is 1. The Kier molecular flexibility index (Phi) is 7.70. The average molecular weight is 465 g/mol. The second kappa shape index (κ2) is 10.2. The van der Waals surface area contributed by atoms with Crippen molar-refractivity contribution in [3.05, 3.63) is 57.8 Å². The Morgan fingerprint density at radius 2 is 2.07 bits per heavy atom. The largest absolute Gasteiger partial charge is 0.380 e. The number of carbonyl (C=O) groups is 1. The molecule has 0 radical (unpaired) electrons. The summed E-state index contributed by atoms with van der Waals surface area (Å²) in [6, 6.07) is 16.2. The summed E-state index contributed by atoms with van der Waals surface area (Å²) in [6.07, 6.45) is 0.420. The normalized spacial score (nSPS) is 12.0. The minimum absolute atomic E-state index is 0.0887. The van der Waals surface area contributed by atoms with Gasteiger partial charge in [-0.2, -0.15) is 4.99 Å². The van der Waals surface area contributed by atoms with Crippen molar-refractivity contribution < 1.29 is 9.53 Å². The third-order valence-electron chi connectivity index (χ3n) is 3.86. The van der Waals surface area contributed by atoms with E-state index in [1.807, 2.05) is 31.2 Å². The van der Waals surface area contributed by atoms with Gasteiger partial charge in [-0.15, -0.1) is 11.8 Å². The van der Waals surface area contributed by atoms with Gasteiger partial charge in [0.2, 0.25) is 5.91 Å². The van der Waals surface area contributed by atoms with E-state index in [0.29, 0.717) is 26.2 Å². The van der Waals surface area contributed by atoms with Crippen molar-refractivity contribution in [3.63, 3.8) is 0 Å². The molecule has 0 atom stereocenters. The van der Waals surface area contributed by atoms with Crippen molar-refractivity contribution in [2.75, 3.05) is 19.0 Å². The fraction of sp³-hybridized carbons (Fsp3) is 0.300. The van der Waals surface area contributed by atoms with Gasteiger partial charge in [0.15, 0.2) is 4.80 Å². The lowest BCUT2D eigenvalue weighted by Gasteiger charge is -2.05. The maximum Gasteiger partial charge on any atom is 0.249 e. The highest BCUT2D eigenvalue weighted by Gasteiger charge is 2.09. The van der Waals surface area contributed by atoms with E-state index in [4.69, 9.17) is 4.74 Å². The Morgan fingerprint density at radius 1 is 1.26 bits per heavy atom. The van der Waals surface area contributed by atoms with Crippen LogP contribution in [0.3, 0.4) is 0 Å². The molecule has 0 unspecified atom stereocenters. The zero-order chi connectivity index (χ0) is 19.1. The van der Waals surface area contributed by atoms with E-state index in [1.54, 1.807) is 11.8 Å². The van der Waals surface area contributed by atoms with Crippen molar-refractivity contribution in [2.45, 2.75) is 24.8 Å². The van der Waals surface area contributed by atoms with Crippen molar-refractivity contribution in [1.82, 2.24) is 4.57 Å². The first-order valence-corrected chi connectivity index (χ1v) is 11.4. The number of halogens is 1. The topological polar surface area (TPSA) is 43.6 Å². The Labute approximate surface area is 175 Å². The van der Waals surface area contributed by atoms with E-state index in [2.05, 4.69) is 49.8 Å². The van der Waals surface area contributed by atoms with Gasteiger partial charge in [0, 0.05) is 34.7 Å². The number of amides is 1. The van der Waals surface area contributed by atoms with Crippen LogP contribution in [0, 0.1) is 0 Å². The zero-order valence-corrected chi connectivity index (χ0v) is 18.3. The van der Waals surface area contributed by atoms with E-state index in [-0.39, 0.29) is 5.91 Å². The number of rotatable bonds is 8. The van der Waals surface area contributed by atoms with E-state index >= 15 is 0 Å². The smallest absolute Gasteiger partial charge is 0.249 e. The number of benzene rings is 2. The maximum atomic E-state index is 12.4. The fourth-order valence-electron chi connectivity index (χ4n) is 2.58. The van der Waals surface area contributed by atoms with Crippen LogP contribution in [-0.4, -0.2) is 29.4 Å². The van der Waals surface area contributed by atoms with Gasteiger partial charge in [-0.1, -0.05) is 45.5 Å². The van der Waals surface area contributed by atoms with Gasteiger partial charge >= 0.3 is 0 Å². The first-order valence-electron chi connectivity index (χ1n) is 8.79. The fourth-order valence-corrected chi connectivity index (χ4v) is 5.07. The lowest BCUT2D eigenvalue weighted by Crippen LogP contribution is -2.19. The van der Waals surface area contributed by atoms with Gasteiger partial charge in [-0.05, 0) is 37.3 Å². The molecule has 3 aromatic rings. The quantitative estimate of drug-likeness (QED) is 0.343. The van der Waals surface area contributed by atoms with Crippen molar-refractivity contribution in [3.8, 4) is 0 Å². The predicted octanol–water partition coefficient (Wildman–Crippen LogP) is 5.11. The van der Waals surface area contributed by atoms with Crippen LogP contribution < -0.4 is 4.80 Å². The molecule has 27 heavy (non-hydrogen) atoms. The van der Waals surface area contributed by atoms with E-state index in [1.165, 1.54) is 16.2 Å². The summed E-state index contributed by atoms with van der Waals surface area (Å²) in [5.41, 5.74) is 1.08. The van der Waals surface area contributed by atoms with Crippen LogP contribution in [-0.2, 0) is 16.1 Å². The molecule has 0 aliphatic rings. The minimum atomic E-state index is -0.0887. The van der Waals surface area contributed by atoms with Crippen LogP contribution in [0.25, 0.3) is 10.2 Å². The molecule has 1 aromatic heterocycles. The number of carbonyl (C=O) groups excluding carboxylic acids is 1. The molecular weight excluding hydrogens is 444 g/mol. The lowest BCUT2D eigenvalue weighted by molar-refractivity contribution is -0.117. The number of thioether (sulfide) groups is 1. The number of aromatic nitrogens is 1. The third kappa shape index (κ3) is 5.78. The van der Waals surface area contributed by atoms with Crippen LogP contribution in [0.2, 0.25) is 0 Å². The summed E-state index contributed by atoms with van der Waals surface area (Å²) in [5, 5.41) is 0. The van der Waals surface area contributed by atoms with Gasteiger partial charge in [-0.3, -0.25) is 4.79 Å². The Morgan fingerprint density at radius 3 is 2.85 bits per heavy atom. The summed E-state index contributed by atoms with van der Waals surface area (Å²) < 4.78 is 9.69. The van der Waals surface area contributed by atoms with Crippen molar-refractivity contribution in [2.24, 2.45) is 4.99 Å². The minimum Gasteiger partial charge on any atom is -0.380 e. The molecule has 2 aromatic carbocycles. The van der Waals surface area contributed by atoms with Crippen LogP contribution in [0.4, 0.5) is 0 Å². The van der Waals surface area contributed by atoms with E-state index < -0.39 is 0 Å². The van der Waals surface area contributed by atoms with Crippen LogP contribution in [0.15, 0.2) is 62.9 Å². The highest BCUT2D eigenvalue weighted by Crippen LogP contribution is 2.22. The Bertz CT molecular complexity index is 967. The van der Waals surface area contributed by atoms with Gasteiger partial charge < -0.3 is 9.30 Å². The summed E-state index contributed by atoms with van der Waals surface area (Å²) in [7, 11) is 0. The Balaban J connectivity index is 1.76. The van der Waals surface area contributed by atoms with Gasteiger partial charge in [0.25, 0.3) is 0 Å². The summed E-state index contributed by atoms with van der Waals surface area (Å²) in [5.74, 6) is 0.635. The van der Waals surface area contributed by atoms with Crippen molar-refractivity contribution in [1.29, 1.82) is 0 Å². The molecule has 1 amide bonds. The molecule has 0 spiro atoms. The van der Waals surface area contributed by atoms with E-state index in [9.17, 15) is 4.79 Å². The SMILES string of the molecule is CCOCCn1c(=NC(=O)CCSc2ccccc2)sc2cc(Br)ccc21. The summed E-state index contributed by atoms with van der Waals surface area (Å²) in [6.45, 7) is 3.94. The lowest BCUT2D eigenvalue weighted by atomic mass is 10.3. The first-order chi connectivity index (χ1) is 13.2. The number of hydrogen-bond acceptors (Lipinski definition) is 4. The van der Waals surface area contributed by atoms with Crippen LogP contribution >= 0.6 is 39.0 Å². The average Bonchev–Trinajstić information content (AvgIpc) is 2.99. The second-order valence-electron chi connectivity index (χ2n) is 5.76.